The lowest BCUT2D eigenvalue weighted by Gasteiger charge is -2.13. The zero-order valence-corrected chi connectivity index (χ0v) is 11.4. The highest BCUT2D eigenvalue weighted by Gasteiger charge is 2.06. The lowest BCUT2D eigenvalue weighted by Crippen LogP contribution is -2.20. The molecule has 4 N–H and O–H groups in total. The number of hydrogen-bond acceptors (Lipinski definition) is 8. The molecule has 0 unspecified atom stereocenters. The van der Waals surface area contributed by atoms with Gasteiger partial charge in [0.05, 0.1) is 0 Å². The number of nitrogen functional groups attached to an aromatic ring is 1. The second-order valence-corrected chi connectivity index (χ2v) is 4.40. The van der Waals surface area contributed by atoms with Crippen molar-refractivity contribution >= 4 is 17.8 Å². The molecule has 0 fully saturated rings. The molecule has 0 bridgehead atoms. The average Bonchev–Trinajstić information content (AvgIpc) is 2.34. The summed E-state index contributed by atoms with van der Waals surface area (Å²) in [6.07, 6.45) is 1.02. The highest BCUT2D eigenvalue weighted by molar-refractivity contribution is 5.42. The van der Waals surface area contributed by atoms with Gasteiger partial charge in [-0.25, -0.2) is 5.84 Å². The van der Waals surface area contributed by atoms with E-state index in [0.29, 0.717) is 17.8 Å². The first kappa shape index (κ1) is 14.4. The van der Waals surface area contributed by atoms with Crippen LogP contribution in [0.2, 0.25) is 0 Å². The molecule has 1 aromatic rings. The van der Waals surface area contributed by atoms with Crippen LogP contribution in [0, 0.1) is 0 Å². The van der Waals surface area contributed by atoms with Crippen molar-refractivity contribution in [3.05, 3.63) is 0 Å². The van der Waals surface area contributed by atoms with E-state index in [-0.39, 0.29) is 0 Å². The van der Waals surface area contributed by atoms with Gasteiger partial charge >= 0.3 is 0 Å². The summed E-state index contributed by atoms with van der Waals surface area (Å²) in [6, 6.07) is 0. The SMILES string of the molecule is CN(C)CCCNc1nc(NN)nc(N(C)C)n1. The Morgan fingerprint density at radius 2 is 1.72 bits per heavy atom. The van der Waals surface area contributed by atoms with Crippen LogP contribution in [-0.2, 0) is 0 Å². The summed E-state index contributed by atoms with van der Waals surface area (Å²) in [6.45, 7) is 1.82. The monoisotopic (exact) mass is 254 g/mol. The molecule has 0 spiro atoms. The maximum absolute atomic E-state index is 5.33. The Morgan fingerprint density at radius 3 is 2.28 bits per heavy atom. The summed E-state index contributed by atoms with van der Waals surface area (Å²) in [5, 5.41) is 3.16. The zero-order chi connectivity index (χ0) is 13.5. The standard InChI is InChI=1S/C10H22N8/c1-17(2)7-5-6-12-8-13-9(16-11)15-10(14-8)18(3)4/h5-7,11H2,1-4H3,(H2,12,13,14,15,16). The minimum atomic E-state index is 0.351. The zero-order valence-electron chi connectivity index (χ0n) is 11.4. The van der Waals surface area contributed by atoms with Crippen LogP contribution in [0.5, 0.6) is 0 Å². The molecule has 8 heteroatoms. The predicted molar refractivity (Wildman–Crippen MR) is 73.6 cm³/mol. The molecule has 1 rings (SSSR count). The number of hydrazine groups is 1. The molecular formula is C10H22N8. The molecule has 0 atom stereocenters. The topological polar surface area (TPSA) is 95.2 Å². The van der Waals surface area contributed by atoms with Crippen LogP contribution >= 0.6 is 0 Å². The van der Waals surface area contributed by atoms with Crippen molar-refractivity contribution in [2.75, 3.05) is 56.9 Å². The maximum Gasteiger partial charge on any atom is 0.243 e. The van der Waals surface area contributed by atoms with Gasteiger partial charge in [0.25, 0.3) is 0 Å². The van der Waals surface area contributed by atoms with Crippen molar-refractivity contribution in [1.82, 2.24) is 19.9 Å². The Morgan fingerprint density at radius 1 is 1.06 bits per heavy atom. The maximum atomic E-state index is 5.33. The lowest BCUT2D eigenvalue weighted by atomic mass is 10.4. The van der Waals surface area contributed by atoms with Gasteiger partial charge in [0.1, 0.15) is 0 Å². The molecule has 0 radical (unpaired) electrons. The van der Waals surface area contributed by atoms with E-state index in [4.69, 9.17) is 5.84 Å². The summed E-state index contributed by atoms with van der Waals surface area (Å²) >= 11 is 0. The number of hydrogen-bond donors (Lipinski definition) is 3. The van der Waals surface area contributed by atoms with E-state index in [1.165, 1.54) is 0 Å². The van der Waals surface area contributed by atoms with Crippen molar-refractivity contribution < 1.29 is 0 Å². The van der Waals surface area contributed by atoms with Gasteiger partial charge in [-0.1, -0.05) is 0 Å². The van der Waals surface area contributed by atoms with Crippen molar-refractivity contribution in [2.45, 2.75) is 6.42 Å². The minimum absolute atomic E-state index is 0.351. The van der Waals surface area contributed by atoms with Crippen molar-refractivity contribution in [3.63, 3.8) is 0 Å². The highest BCUT2D eigenvalue weighted by Crippen LogP contribution is 2.10. The molecule has 1 heterocycles. The van der Waals surface area contributed by atoms with Gasteiger partial charge in [-0.15, -0.1) is 0 Å². The van der Waals surface area contributed by atoms with E-state index in [1.807, 2.05) is 28.2 Å². The summed E-state index contributed by atoms with van der Waals surface area (Å²) in [7, 11) is 7.82. The molecule has 8 nitrogen and oxygen atoms in total. The van der Waals surface area contributed by atoms with Crippen LogP contribution in [0.15, 0.2) is 0 Å². The molecule has 0 aromatic carbocycles. The van der Waals surface area contributed by atoms with Crippen molar-refractivity contribution in [2.24, 2.45) is 5.84 Å². The van der Waals surface area contributed by atoms with Gasteiger partial charge in [0.2, 0.25) is 17.8 Å². The van der Waals surface area contributed by atoms with Crippen LogP contribution in [0.3, 0.4) is 0 Å². The average molecular weight is 254 g/mol. The van der Waals surface area contributed by atoms with Gasteiger partial charge in [0, 0.05) is 20.6 Å². The van der Waals surface area contributed by atoms with E-state index in [2.05, 4.69) is 30.6 Å². The first-order valence-electron chi connectivity index (χ1n) is 5.81. The van der Waals surface area contributed by atoms with Crippen molar-refractivity contribution in [1.29, 1.82) is 0 Å². The number of nitrogens with two attached hydrogens (primary N) is 1. The summed E-state index contributed by atoms with van der Waals surface area (Å²) < 4.78 is 0. The number of rotatable bonds is 7. The van der Waals surface area contributed by atoms with E-state index < -0.39 is 0 Å². The summed E-state index contributed by atoms with van der Waals surface area (Å²) in [4.78, 5) is 16.5. The predicted octanol–water partition coefficient (Wildman–Crippen LogP) is -0.413. The minimum Gasteiger partial charge on any atom is -0.354 e. The van der Waals surface area contributed by atoms with Crippen LogP contribution in [0.4, 0.5) is 17.8 Å². The number of nitrogens with one attached hydrogen (secondary N) is 2. The number of aromatic nitrogens is 3. The van der Waals surface area contributed by atoms with Gasteiger partial charge in [-0.3, -0.25) is 5.43 Å². The van der Waals surface area contributed by atoms with E-state index in [0.717, 1.165) is 19.5 Å². The summed E-state index contributed by atoms with van der Waals surface area (Å²) in [5.41, 5.74) is 2.43. The molecule has 0 aliphatic rings. The molecule has 0 saturated heterocycles. The third-order valence-corrected chi connectivity index (χ3v) is 2.22. The lowest BCUT2D eigenvalue weighted by molar-refractivity contribution is 0.405. The number of nitrogens with zero attached hydrogens (tertiary/aromatic N) is 5. The van der Waals surface area contributed by atoms with Gasteiger partial charge < -0.3 is 15.1 Å². The fraction of sp³-hybridized carbons (Fsp3) is 0.700. The Labute approximate surface area is 108 Å². The van der Waals surface area contributed by atoms with Crippen LogP contribution < -0.4 is 21.5 Å². The Hall–Kier alpha value is -1.67. The van der Waals surface area contributed by atoms with Crippen LogP contribution in [0.1, 0.15) is 6.42 Å². The van der Waals surface area contributed by atoms with Crippen molar-refractivity contribution in [3.8, 4) is 0 Å². The molecule has 0 aliphatic heterocycles. The second kappa shape index (κ2) is 6.92. The smallest absolute Gasteiger partial charge is 0.243 e. The largest absolute Gasteiger partial charge is 0.354 e. The normalized spacial score (nSPS) is 10.6. The van der Waals surface area contributed by atoms with Crippen LogP contribution in [-0.4, -0.2) is 61.1 Å². The third-order valence-electron chi connectivity index (χ3n) is 2.22. The Kier molecular flexibility index (Phi) is 5.53. The fourth-order valence-electron chi connectivity index (χ4n) is 1.30. The molecular weight excluding hydrogens is 232 g/mol. The first-order chi connectivity index (χ1) is 8.52. The molecule has 0 aliphatic carbocycles. The Balaban J connectivity index is 2.61. The molecule has 18 heavy (non-hydrogen) atoms. The second-order valence-electron chi connectivity index (χ2n) is 4.40. The van der Waals surface area contributed by atoms with Gasteiger partial charge in [-0.05, 0) is 27.1 Å². The fourth-order valence-corrected chi connectivity index (χ4v) is 1.30. The quantitative estimate of drug-likeness (QED) is 0.343. The highest BCUT2D eigenvalue weighted by atomic mass is 15.4. The van der Waals surface area contributed by atoms with Gasteiger partial charge in [0.15, 0.2) is 0 Å². The molecule has 102 valence electrons. The first-order valence-corrected chi connectivity index (χ1v) is 5.81. The van der Waals surface area contributed by atoms with E-state index >= 15 is 0 Å². The number of anilines is 3. The van der Waals surface area contributed by atoms with Crippen LogP contribution in [0.25, 0.3) is 0 Å². The Bertz CT molecular complexity index is 365. The molecule has 1 aromatic heterocycles. The van der Waals surface area contributed by atoms with E-state index in [9.17, 15) is 0 Å². The summed E-state index contributed by atoms with van der Waals surface area (Å²) in [5.74, 6) is 6.77. The third kappa shape index (κ3) is 4.68. The van der Waals surface area contributed by atoms with Gasteiger partial charge in [-0.2, -0.15) is 15.0 Å². The molecule has 0 saturated carbocycles. The van der Waals surface area contributed by atoms with E-state index in [1.54, 1.807) is 4.90 Å². The molecule has 0 amide bonds.